The van der Waals surface area contributed by atoms with Crippen LogP contribution in [0.4, 0.5) is 13.2 Å². The van der Waals surface area contributed by atoms with Crippen molar-refractivity contribution in [2.45, 2.75) is 12.3 Å². The van der Waals surface area contributed by atoms with E-state index in [0.29, 0.717) is 0 Å². The fourth-order valence-electron chi connectivity index (χ4n) is 1.96. The molecule has 116 valence electrons. The molecule has 1 saturated heterocycles. The second kappa shape index (κ2) is 5.05. The van der Waals surface area contributed by atoms with Gasteiger partial charge in [-0.2, -0.15) is 13.2 Å². The number of hydrogen-bond donors (Lipinski definition) is 1. The van der Waals surface area contributed by atoms with Crippen LogP contribution in [0.2, 0.25) is 0 Å². The van der Waals surface area contributed by atoms with Gasteiger partial charge in [0.15, 0.2) is 0 Å². The molecule has 7 nitrogen and oxygen atoms in total. The van der Waals surface area contributed by atoms with E-state index >= 15 is 0 Å². The van der Waals surface area contributed by atoms with E-state index in [9.17, 15) is 18.0 Å². The molecule has 1 amide bonds. The smallest absolute Gasteiger partial charge is 0.389 e. The van der Waals surface area contributed by atoms with Crippen molar-refractivity contribution < 1.29 is 23.1 Å². The lowest BCUT2D eigenvalue weighted by atomic mass is 10.2. The van der Waals surface area contributed by atoms with E-state index in [0.717, 1.165) is 16.9 Å². The van der Waals surface area contributed by atoms with E-state index in [2.05, 4.69) is 15.4 Å². The number of alkyl halides is 3. The van der Waals surface area contributed by atoms with Crippen molar-refractivity contribution in [1.29, 1.82) is 0 Å². The van der Waals surface area contributed by atoms with E-state index < -0.39 is 23.8 Å². The van der Waals surface area contributed by atoms with Crippen LogP contribution in [0.1, 0.15) is 16.2 Å². The minimum atomic E-state index is -4.42. The zero-order chi connectivity index (χ0) is 15.9. The third kappa shape index (κ3) is 2.64. The van der Waals surface area contributed by atoms with Gasteiger partial charge < -0.3 is 10.0 Å². The summed E-state index contributed by atoms with van der Waals surface area (Å²) < 4.78 is 37.4. The predicted molar refractivity (Wildman–Crippen MR) is 66.1 cm³/mol. The van der Waals surface area contributed by atoms with Crippen LogP contribution in [0, 0.1) is 0 Å². The number of carbonyl (C=O) groups is 1. The van der Waals surface area contributed by atoms with Gasteiger partial charge in [-0.1, -0.05) is 0 Å². The highest BCUT2D eigenvalue weighted by Crippen LogP contribution is 2.29. The lowest BCUT2D eigenvalue weighted by Gasteiger charge is -2.34. The molecule has 2 heterocycles. The lowest BCUT2D eigenvalue weighted by molar-refractivity contribution is -0.137. The highest BCUT2D eigenvalue weighted by Gasteiger charge is 2.32. The molecule has 10 heteroatoms. The van der Waals surface area contributed by atoms with Crippen LogP contribution in [0.5, 0.6) is 0 Å². The number of aliphatic hydroxyl groups excluding tert-OH is 1. The molecule has 1 aromatic heterocycles. The van der Waals surface area contributed by atoms with E-state index in [4.69, 9.17) is 5.11 Å². The molecule has 22 heavy (non-hydrogen) atoms. The van der Waals surface area contributed by atoms with Gasteiger partial charge in [0.25, 0.3) is 11.7 Å². The van der Waals surface area contributed by atoms with Gasteiger partial charge in [-0.25, -0.2) is 0 Å². The Hall–Kier alpha value is -2.49. The number of rotatable bonds is 2. The van der Waals surface area contributed by atoms with Crippen molar-refractivity contribution in [3.8, 4) is 5.69 Å². The molecule has 0 spiro atoms. The molecule has 1 aliphatic heterocycles. The lowest BCUT2D eigenvalue weighted by Crippen LogP contribution is -2.53. The molecule has 0 atom stereocenters. The Labute approximate surface area is 122 Å². The molecular weight excluding hydrogens is 303 g/mol. The average Bonchev–Trinajstić information content (AvgIpc) is 2.92. The number of hydrogen-bond acceptors (Lipinski definition) is 5. The number of amides is 1. The number of β-amino-alcohol motifs (C(OH)–C–C–N with tert-alkyl or cyclic N) is 1. The van der Waals surface area contributed by atoms with Crippen LogP contribution in [-0.4, -0.2) is 55.3 Å². The minimum Gasteiger partial charge on any atom is -0.389 e. The fraction of sp³-hybridized carbons (Fsp3) is 0.333. The molecule has 2 aromatic rings. The first-order valence-electron chi connectivity index (χ1n) is 6.29. The number of likely N-dealkylation sites (tertiary alicyclic amines) is 1. The van der Waals surface area contributed by atoms with Crippen molar-refractivity contribution in [3.63, 3.8) is 0 Å². The zero-order valence-electron chi connectivity index (χ0n) is 11.0. The molecule has 0 aliphatic carbocycles. The zero-order valence-corrected chi connectivity index (χ0v) is 11.0. The molecular formula is C12H10F3N5O2. The molecule has 0 saturated carbocycles. The van der Waals surface area contributed by atoms with Crippen molar-refractivity contribution in [1.82, 2.24) is 25.1 Å². The first kappa shape index (κ1) is 14.4. The summed E-state index contributed by atoms with van der Waals surface area (Å²) in [6.45, 7) is 0.404. The summed E-state index contributed by atoms with van der Waals surface area (Å²) in [5.41, 5.74) is -0.537. The number of halogens is 3. The van der Waals surface area contributed by atoms with Gasteiger partial charge in [-0.05, 0) is 29.5 Å². The first-order chi connectivity index (χ1) is 10.3. The summed E-state index contributed by atoms with van der Waals surface area (Å²) in [6.07, 6.45) is -4.97. The summed E-state index contributed by atoms with van der Waals surface area (Å²) in [5, 5.41) is 20.2. The Morgan fingerprint density at radius 2 is 1.86 bits per heavy atom. The van der Waals surface area contributed by atoms with Crippen LogP contribution >= 0.6 is 0 Å². The van der Waals surface area contributed by atoms with Crippen LogP contribution in [-0.2, 0) is 6.18 Å². The Morgan fingerprint density at radius 3 is 2.41 bits per heavy atom. The summed E-state index contributed by atoms with van der Waals surface area (Å²) in [6, 6.07) is 4.16. The summed E-state index contributed by atoms with van der Waals surface area (Å²) in [5.74, 6) is -0.657. The number of tetrazole rings is 1. The third-order valence-corrected chi connectivity index (χ3v) is 3.18. The Balaban J connectivity index is 1.77. The van der Waals surface area contributed by atoms with Gasteiger partial charge in [0.1, 0.15) is 0 Å². The maximum atomic E-state index is 12.5. The third-order valence-electron chi connectivity index (χ3n) is 3.18. The van der Waals surface area contributed by atoms with Crippen LogP contribution < -0.4 is 0 Å². The molecule has 1 aliphatic rings. The van der Waals surface area contributed by atoms with Crippen molar-refractivity contribution in [2.75, 3.05) is 13.1 Å². The monoisotopic (exact) mass is 313 g/mol. The Bertz CT molecular complexity index is 692. The van der Waals surface area contributed by atoms with E-state index in [1.54, 1.807) is 0 Å². The standard InChI is InChI=1S/C12H10F3N5O2/c13-12(14,15)7-1-3-8(4-2-7)20-17-10(16-18-20)11(22)19-5-9(21)6-19/h1-4,9,21H,5-6H2. The molecule has 1 aromatic carbocycles. The summed E-state index contributed by atoms with van der Waals surface area (Å²) in [4.78, 5) is 14.2. The van der Waals surface area contributed by atoms with Crippen LogP contribution in [0.15, 0.2) is 24.3 Å². The van der Waals surface area contributed by atoms with Gasteiger partial charge in [-0.15, -0.1) is 15.0 Å². The summed E-state index contributed by atoms with van der Waals surface area (Å²) >= 11 is 0. The predicted octanol–water partition coefficient (Wildman–Crippen LogP) is 0.498. The van der Waals surface area contributed by atoms with Gasteiger partial charge in [0, 0.05) is 13.1 Å². The highest BCUT2D eigenvalue weighted by atomic mass is 19.4. The minimum absolute atomic E-state index is 0.174. The fourth-order valence-corrected chi connectivity index (χ4v) is 1.96. The molecule has 0 unspecified atom stereocenters. The van der Waals surface area contributed by atoms with Gasteiger partial charge in [0.2, 0.25) is 0 Å². The quantitative estimate of drug-likeness (QED) is 0.873. The second-order valence-corrected chi connectivity index (χ2v) is 4.81. The topological polar surface area (TPSA) is 84.1 Å². The SMILES string of the molecule is O=C(c1nnn(-c2ccc(C(F)(F)F)cc2)n1)N1CC(O)C1. The van der Waals surface area contributed by atoms with E-state index in [1.165, 1.54) is 17.0 Å². The van der Waals surface area contributed by atoms with Crippen molar-refractivity contribution in [2.24, 2.45) is 0 Å². The maximum Gasteiger partial charge on any atom is 0.416 e. The van der Waals surface area contributed by atoms with Gasteiger partial charge in [-0.3, -0.25) is 4.79 Å². The Morgan fingerprint density at radius 1 is 1.23 bits per heavy atom. The maximum absolute atomic E-state index is 12.5. The number of carbonyl (C=O) groups excluding carboxylic acids is 1. The van der Waals surface area contributed by atoms with Crippen LogP contribution in [0.3, 0.4) is 0 Å². The summed E-state index contributed by atoms with van der Waals surface area (Å²) in [7, 11) is 0. The number of nitrogens with zero attached hydrogens (tertiary/aromatic N) is 5. The average molecular weight is 313 g/mol. The van der Waals surface area contributed by atoms with Crippen molar-refractivity contribution in [3.05, 3.63) is 35.7 Å². The number of aromatic nitrogens is 4. The molecule has 0 bridgehead atoms. The van der Waals surface area contributed by atoms with E-state index in [-0.39, 0.29) is 24.6 Å². The second-order valence-electron chi connectivity index (χ2n) is 4.81. The van der Waals surface area contributed by atoms with Gasteiger partial charge in [0.05, 0.1) is 17.4 Å². The molecule has 1 fully saturated rings. The Kier molecular flexibility index (Phi) is 3.32. The molecule has 3 rings (SSSR count). The largest absolute Gasteiger partial charge is 0.416 e. The van der Waals surface area contributed by atoms with Crippen molar-refractivity contribution >= 4 is 5.91 Å². The normalized spacial score (nSPS) is 15.7. The highest BCUT2D eigenvalue weighted by molar-refractivity contribution is 5.90. The van der Waals surface area contributed by atoms with Crippen LogP contribution in [0.25, 0.3) is 5.69 Å². The number of aliphatic hydroxyl groups is 1. The van der Waals surface area contributed by atoms with Gasteiger partial charge >= 0.3 is 6.18 Å². The van der Waals surface area contributed by atoms with E-state index in [1.807, 2.05) is 0 Å². The first-order valence-corrected chi connectivity index (χ1v) is 6.29. The molecule has 1 N–H and O–H groups in total. The molecule has 0 radical (unpaired) electrons. The number of benzene rings is 1.